The topological polar surface area (TPSA) is 93.7 Å². The van der Waals surface area contributed by atoms with Crippen molar-refractivity contribution in [3.05, 3.63) is 23.8 Å². The fourth-order valence-corrected chi connectivity index (χ4v) is 2.99. The van der Waals surface area contributed by atoms with E-state index in [0.717, 1.165) is 5.56 Å². The summed E-state index contributed by atoms with van der Waals surface area (Å²) < 4.78 is 35.5. The first-order valence-corrected chi connectivity index (χ1v) is 9.02. The maximum absolute atomic E-state index is 11.6. The van der Waals surface area contributed by atoms with E-state index >= 15 is 0 Å². The first-order chi connectivity index (χ1) is 10.9. The Bertz CT molecular complexity index is 616. The summed E-state index contributed by atoms with van der Waals surface area (Å²) in [5.74, 6) is 0.936. The van der Waals surface area contributed by atoms with E-state index in [-0.39, 0.29) is 18.2 Å². The fourth-order valence-electron chi connectivity index (χ4n) is 1.96. The molecule has 2 N–H and O–H groups in total. The summed E-state index contributed by atoms with van der Waals surface area (Å²) in [5, 5.41) is 2.67. The van der Waals surface area contributed by atoms with E-state index in [1.165, 1.54) is 0 Å². The molecule has 8 heteroatoms. The van der Waals surface area contributed by atoms with Crippen LogP contribution >= 0.6 is 0 Å². The molecule has 0 saturated carbocycles. The third kappa shape index (κ3) is 6.87. The maximum atomic E-state index is 11.6. The van der Waals surface area contributed by atoms with Gasteiger partial charge in [-0.25, -0.2) is 13.1 Å². The smallest absolute Gasteiger partial charge is 0.235 e. The molecule has 0 atom stereocenters. The maximum Gasteiger partial charge on any atom is 0.235 e. The lowest BCUT2D eigenvalue weighted by molar-refractivity contribution is -0.119. The van der Waals surface area contributed by atoms with Crippen LogP contribution in [0, 0.1) is 0 Å². The molecule has 0 aliphatic heterocycles. The molecular formula is C15H24N2O5S. The van der Waals surface area contributed by atoms with Gasteiger partial charge in [0.15, 0.2) is 11.5 Å². The predicted octanol–water partition coefficient (Wildman–Crippen LogP) is 0.692. The highest BCUT2D eigenvalue weighted by molar-refractivity contribution is 7.89. The quantitative estimate of drug-likeness (QED) is 0.651. The number of amides is 1. The predicted molar refractivity (Wildman–Crippen MR) is 88.3 cm³/mol. The average molecular weight is 344 g/mol. The second-order valence-electron chi connectivity index (χ2n) is 4.93. The zero-order valence-electron chi connectivity index (χ0n) is 13.7. The van der Waals surface area contributed by atoms with Crippen molar-refractivity contribution in [2.75, 3.05) is 33.1 Å². The molecule has 0 fully saturated rings. The highest BCUT2D eigenvalue weighted by atomic mass is 32.2. The lowest BCUT2D eigenvalue weighted by Crippen LogP contribution is -2.38. The minimum atomic E-state index is -3.36. The van der Waals surface area contributed by atoms with Crippen molar-refractivity contribution in [1.29, 1.82) is 0 Å². The highest BCUT2D eigenvalue weighted by Gasteiger charge is 2.11. The minimum Gasteiger partial charge on any atom is -0.493 e. The normalized spacial score (nSPS) is 11.1. The van der Waals surface area contributed by atoms with E-state index < -0.39 is 10.0 Å². The zero-order valence-corrected chi connectivity index (χ0v) is 14.5. The molecule has 1 aromatic rings. The standard InChI is InChI=1S/C15H24N2O5S/c1-4-9-23(19,20)17-11-15(18)16-8-7-12-5-6-13(21-2)14(10-12)22-3/h5-6,10,17H,4,7-9,11H2,1-3H3,(H,16,18). The number of methoxy groups -OCH3 is 2. The molecule has 0 aliphatic carbocycles. The van der Waals surface area contributed by atoms with Gasteiger partial charge in [0.25, 0.3) is 0 Å². The Kier molecular flexibility index (Phi) is 7.84. The van der Waals surface area contributed by atoms with E-state index in [1.807, 2.05) is 12.1 Å². The van der Waals surface area contributed by atoms with Crippen molar-refractivity contribution in [3.8, 4) is 11.5 Å². The summed E-state index contributed by atoms with van der Waals surface area (Å²) in [7, 11) is -0.234. The molecule has 1 aromatic carbocycles. The van der Waals surface area contributed by atoms with Gasteiger partial charge in [-0.3, -0.25) is 4.79 Å². The fraction of sp³-hybridized carbons (Fsp3) is 0.533. The first kappa shape index (κ1) is 19.2. The van der Waals surface area contributed by atoms with Gasteiger partial charge in [0, 0.05) is 6.54 Å². The largest absolute Gasteiger partial charge is 0.493 e. The third-order valence-corrected chi connectivity index (χ3v) is 4.64. The van der Waals surface area contributed by atoms with Gasteiger partial charge in [-0.15, -0.1) is 0 Å². The van der Waals surface area contributed by atoms with Crippen LogP contribution in [0.25, 0.3) is 0 Å². The Morgan fingerprint density at radius 1 is 1.17 bits per heavy atom. The Morgan fingerprint density at radius 2 is 1.87 bits per heavy atom. The van der Waals surface area contributed by atoms with Gasteiger partial charge in [0.1, 0.15) is 0 Å². The van der Waals surface area contributed by atoms with Crippen LogP contribution in [-0.2, 0) is 21.2 Å². The first-order valence-electron chi connectivity index (χ1n) is 7.36. The SMILES string of the molecule is CCCS(=O)(=O)NCC(=O)NCCc1ccc(OC)c(OC)c1. The Morgan fingerprint density at radius 3 is 2.48 bits per heavy atom. The van der Waals surface area contributed by atoms with Crippen molar-refractivity contribution in [1.82, 2.24) is 10.0 Å². The summed E-state index contributed by atoms with van der Waals surface area (Å²) >= 11 is 0. The van der Waals surface area contributed by atoms with Gasteiger partial charge in [-0.1, -0.05) is 13.0 Å². The van der Waals surface area contributed by atoms with E-state index in [9.17, 15) is 13.2 Å². The summed E-state index contributed by atoms with van der Waals surface area (Å²) in [4.78, 5) is 11.6. The molecule has 0 unspecified atom stereocenters. The van der Waals surface area contributed by atoms with Crippen LogP contribution in [0.1, 0.15) is 18.9 Å². The van der Waals surface area contributed by atoms with E-state index in [1.54, 1.807) is 27.2 Å². The number of carbonyl (C=O) groups is 1. The van der Waals surface area contributed by atoms with Gasteiger partial charge in [0.05, 0.1) is 26.5 Å². The molecule has 1 amide bonds. The minimum absolute atomic E-state index is 0.0198. The Balaban J connectivity index is 2.40. The Hall–Kier alpha value is -1.80. The molecule has 0 saturated heterocycles. The molecule has 1 rings (SSSR count). The van der Waals surface area contributed by atoms with Crippen LogP contribution in [0.5, 0.6) is 11.5 Å². The Labute approximate surface area is 137 Å². The average Bonchev–Trinajstić information content (AvgIpc) is 2.53. The number of benzene rings is 1. The van der Waals surface area contributed by atoms with Crippen LogP contribution in [0.15, 0.2) is 18.2 Å². The second-order valence-corrected chi connectivity index (χ2v) is 6.86. The lowest BCUT2D eigenvalue weighted by atomic mass is 10.1. The number of hydrogen-bond donors (Lipinski definition) is 2. The van der Waals surface area contributed by atoms with Gasteiger partial charge < -0.3 is 14.8 Å². The highest BCUT2D eigenvalue weighted by Crippen LogP contribution is 2.27. The van der Waals surface area contributed by atoms with Crippen molar-refractivity contribution < 1.29 is 22.7 Å². The van der Waals surface area contributed by atoms with Crippen LogP contribution in [0.3, 0.4) is 0 Å². The van der Waals surface area contributed by atoms with E-state index in [4.69, 9.17) is 9.47 Å². The van der Waals surface area contributed by atoms with E-state index in [0.29, 0.717) is 30.9 Å². The summed E-state index contributed by atoms with van der Waals surface area (Å²) in [6, 6.07) is 5.53. The summed E-state index contributed by atoms with van der Waals surface area (Å²) in [6.07, 6.45) is 1.12. The second kappa shape index (κ2) is 9.36. The van der Waals surface area contributed by atoms with E-state index in [2.05, 4.69) is 10.0 Å². The number of carbonyl (C=O) groups excluding carboxylic acids is 1. The van der Waals surface area contributed by atoms with Crippen molar-refractivity contribution >= 4 is 15.9 Å². The number of sulfonamides is 1. The molecule has 23 heavy (non-hydrogen) atoms. The molecule has 0 heterocycles. The molecule has 0 radical (unpaired) electrons. The van der Waals surface area contributed by atoms with Crippen molar-refractivity contribution in [2.45, 2.75) is 19.8 Å². The molecule has 7 nitrogen and oxygen atoms in total. The van der Waals surface area contributed by atoms with Gasteiger partial charge >= 0.3 is 0 Å². The van der Waals surface area contributed by atoms with Crippen LogP contribution in [-0.4, -0.2) is 47.4 Å². The van der Waals surface area contributed by atoms with Crippen LogP contribution in [0.2, 0.25) is 0 Å². The number of hydrogen-bond acceptors (Lipinski definition) is 5. The van der Waals surface area contributed by atoms with Gasteiger partial charge in [-0.05, 0) is 30.5 Å². The van der Waals surface area contributed by atoms with Gasteiger partial charge in [-0.2, -0.15) is 0 Å². The lowest BCUT2D eigenvalue weighted by Gasteiger charge is -2.10. The number of ether oxygens (including phenoxy) is 2. The molecule has 0 aromatic heterocycles. The molecule has 0 bridgehead atoms. The number of nitrogens with one attached hydrogen (secondary N) is 2. The van der Waals surface area contributed by atoms with Crippen molar-refractivity contribution in [3.63, 3.8) is 0 Å². The number of rotatable bonds is 10. The van der Waals surface area contributed by atoms with Crippen molar-refractivity contribution in [2.24, 2.45) is 0 Å². The van der Waals surface area contributed by atoms with Crippen LogP contribution < -0.4 is 19.5 Å². The van der Waals surface area contributed by atoms with Gasteiger partial charge in [0.2, 0.25) is 15.9 Å². The summed E-state index contributed by atoms with van der Waals surface area (Å²) in [6.45, 7) is 1.93. The molecule has 130 valence electrons. The zero-order chi connectivity index (χ0) is 17.3. The molecule has 0 spiro atoms. The van der Waals surface area contributed by atoms with Crippen LogP contribution in [0.4, 0.5) is 0 Å². The third-order valence-electron chi connectivity index (χ3n) is 3.11. The monoisotopic (exact) mass is 344 g/mol. The molecule has 0 aliphatic rings. The summed E-state index contributed by atoms with van der Waals surface area (Å²) in [5.41, 5.74) is 0.981. The molecular weight excluding hydrogens is 320 g/mol.